The molecule has 1 saturated heterocycles. The number of halogens is 3. The summed E-state index contributed by atoms with van der Waals surface area (Å²) in [6.07, 6.45) is 8.76. The summed E-state index contributed by atoms with van der Waals surface area (Å²) in [5, 5.41) is 0.484. The highest BCUT2D eigenvalue weighted by Gasteiger charge is 2.24. The van der Waals surface area contributed by atoms with E-state index >= 15 is 0 Å². The van der Waals surface area contributed by atoms with E-state index in [0.29, 0.717) is 16.5 Å². The number of aromatic nitrogens is 1. The Bertz CT molecular complexity index is 1250. The van der Waals surface area contributed by atoms with Gasteiger partial charge >= 0.3 is 0 Å². The second-order valence-electron chi connectivity index (χ2n) is 9.50. The molecule has 1 aliphatic rings. The van der Waals surface area contributed by atoms with Crippen LogP contribution in [0, 0.1) is 6.92 Å². The Kier molecular flexibility index (Phi) is 8.01. The third-order valence-electron chi connectivity index (χ3n) is 6.53. The number of allylic oxidation sites excluding steroid dienone is 1. The largest absolute Gasteiger partial charge is 0.457 e. The lowest BCUT2D eigenvalue weighted by Crippen LogP contribution is -2.24. The number of hydrogen-bond acceptors (Lipinski definition) is 2. The zero-order valence-electron chi connectivity index (χ0n) is 21.2. The summed E-state index contributed by atoms with van der Waals surface area (Å²) in [6, 6.07) is 11.9. The maximum atomic E-state index is 13.6. The first-order valence-corrected chi connectivity index (χ1v) is 12.7. The van der Waals surface area contributed by atoms with Gasteiger partial charge in [-0.25, -0.2) is 8.78 Å². The lowest BCUT2D eigenvalue weighted by atomic mass is 10.00. The summed E-state index contributed by atoms with van der Waals surface area (Å²) in [7, 11) is 0. The molecule has 0 N–H and O–H groups in total. The number of rotatable bonds is 9. The van der Waals surface area contributed by atoms with Crippen molar-refractivity contribution in [3.63, 3.8) is 0 Å². The molecule has 2 heterocycles. The van der Waals surface area contributed by atoms with Gasteiger partial charge in [0.2, 0.25) is 0 Å². The average molecular weight is 511 g/mol. The van der Waals surface area contributed by atoms with Crippen LogP contribution in [0.1, 0.15) is 49.1 Å². The molecule has 1 fully saturated rings. The van der Waals surface area contributed by atoms with Gasteiger partial charge in [-0.2, -0.15) is 0 Å². The third kappa shape index (κ3) is 6.08. The fourth-order valence-electron chi connectivity index (χ4n) is 4.77. The lowest BCUT2D eigenvalue weighted by molar-refractivity contribution is 0.0174. The van der Waals surface area contributed by atoms with Crippen molar-refractivity contribution in [2.24, 2.45) is 0 Å². The standard InChI is InChI=1S/C30H33ClF2N2O/c1-5-8-28-29(22(3)31)27(20-35(28)16-15-34-13-6-7-14-34)23-17-21(2)18-26(19-23)36-25-11-9-24(10-12-25)30(4,32)33/h5,8-12,17-20H,3,6-7,13-16H2,1-2,4H3/b8-5-. The van der Waals surface area contributed by atoms with Gasteiger partial charge in [-0.15, -0.1) is 0 Å². The maximum absolute atomic E-state index is 13.6. The fourth-order valence-corrected chi connectivity index (χ4v) is 4.97. The van der Waals surface area contributed by atoms with Gasteiger partial charge in [-0.1, -0.05) is 30.3 Å². The normalized spacial score (nSPS) is 14.6. The summed E-state index contributed by atoms with van der Waals surface area (Å²) < 4.78 is 35.5. The molecule has 1 aromatic heterocycles. The van der Waals surface area contributed by atoms with Gasteiger partial charge in [-0.3, -0.25) is 0 Å². The molecule has 36 heavy (non-hydrogen) atoms. The summed E-state index contributed by atoms with van der Waals surface area (Å²) in [6.45, 7) is 13.1. The van der Waals surface area contributed by atoms with E-state index in [-0.39, 0.29) is 5.56 Å². The van der Waals surface area contributed by atoms with Crippen LogP contribution in [-0.2, 0) is 12.5 Å². The molecule has 0 radical (unpaired) electrons. The second-order valence-corrected chi connectivity index (χ2v) is 9.96. The van der Waals surface area contributed by atoms with E-state index in [1.807, 2.05) is 32.1 Å². The van der Waals surface area contributed by atoms with Crippen LogP contribution in [-0.4, -0.2) is 29.1 Å². The molecule has 3 nitrogen and oxygen atoms in total. The highest BCUT2D eigenvalue weighted by molar-refractivity contribution is 6.49. The van der Waals surface area contributed by atoms with E-state index in [1.54, 1.807) is 12.1 Å². The smallest absolute Gasteiger partial charge is 0.270 e. The van der Waals surface area contributed by atoms with Gasteiger partial charge in [0.1, 0.15) is 11.5 Å². The molecule has 0 spiro atoms. The van der Waals surface area contributed by atoms with E-state index in [0.717, 1.165) is 61.1 Å². The van der Waals surface area contributed by atoms with Crippen LogP contribution in [0.3, 0.4) is 0 Å². The zero-order chi connectivity index (χ0) is 25.9. The molecular weight excluding hydrogens is 478 g/mol. The molecule has 2 aromatic carbocycles. The Labute approximate surface area is 217 Å². The van der Waals surface area contributed by atoms with Gasteiger partial charge in [0.05, 0.1) is 0 Å². The number of hydrogen-bond donors (Lipinski definition) is 0. The summed E-state index contributed by atoms with van der Waals surface area (Å²) in [5.41, 5.74) is 4.86. The molecule has 0 amide bonds. The summed E-state index contributed by atoms with van der Waals surface area (Å²) >= 11 is 6.56. The number of alkyl halides is 2. The zero-order valence-corrected chi connectivity index (χ0v) is 21.9. The predicted molar refractivity (Wildman–Crippen MR) is 146 cm³/mol. The Hall–Kier alpha value is -2.89. The Morgan fingerprint density at radius 3 is 2.39 bits per heavy atom. The Morgan fingerprint density at radius 1 is 1.08 bits per heavy atom. The minimum Gasteiger partial charge on any atom is -0.457 e. The molecule has 0 unspecified atom stereocenters. The van der Waals surface area contributed by atoms with Gasteiger partial charge < -0.3 is 14.2 Å². The maximum Gasteiger partial charge on any atom is 0.270 e. The van der Waals surface area contributed by atoms with Gasteiger partial charge in [0.25, 0.3) is 5.92 Å². The highest BCUT2D eigenvalue weighted by atomic mass is 35.5. The van der Waals surface area contributed by atoms with Crippen LogP contribution in [0.4, 0.5) is 8.78 Å². The molecule has 0 atom stereocenters. The van der Waals surface area contributed by atoms with Crippen molar-refractivity contribution < 1.29 is 13.5 Å². The Balaban J connectivity index is 1.68. The third-order valence-corrected chi connectivity index (χ3v) is 6.72. The van der Waals surface area contributed by atoms with Crippen LogP contribution in [0.5, 0.6) is 11.5 Å². The first kappa shape index (κ1) is 26.2. The molecule has 0 bridgehead atoms. The summed E-state index contributed by atoms with van der Waals surface area (Å²) in [4.78, 5) is 2.49. The lowest BCUT2D eigenvalue weighted by Gasteiger charge is -2.16. The van der Waals surface area contributed by atoms with Gasteiger partial charge in [0.15, 0.2) is 0 Å². The van der Waals surface area contributed by atoms with Crippen LogP contribution < -0.4 is 4.74 Å². The van der Waals surface area contributed by atoms with Crippen molar-refractivity contribution in [1.82, 2.24) is 9.47 Å². The molecule has 1 aliphatic heterocycles. The van der Waals surface area contributed by atoms with E-state index in [2.05, 4.69) is 34.4 Å². The van der Waals surface area contributed by atoms with E-state index < -0.39 is 5.92 Å². The minimum absolute atomic E-state index is 0.0446. The van der Waals surface area contributed by atoms with Crippen LogP contribution in [0.15, 0.2) is 61.3 Å². The molecule has 0 aliphatic carbocycles. The number of benzene rings is 2. The molecule has 0 saturated carbocycles. The number of nitrogens with zero attached hydrogens (tertiary/aromatic N) is 2. The second kappa shape index (κ2) is 11.0. The van der Waals surface area contributed by atoms with Crippen molar-refractivity contribution in [3.05, 3.63) is 83.7 Å². The molecular formula is C30H33ClF2N2O. The number of ether oxygens (including phenoxy) is 1. The van der Waals surface area contributed by atoms with Crippen molar-refractivity contribution in [2.45, 2.75) is 46.1 Å². The molecule has 6 heteroatoms. The monoisotopic (exact) mass is 510 g/mol. The van der Waals surface area contributed by atoms with E-state index in [4.69, 9.17) is 16.3 Å². The predicted octanol–water partition coefficient (Wildman–Crippen LogP) is 8.71. The highest BCUT2D eigenvalue weighted by Crippen LogP contribution is 2.38. The van der Waals surface area contributed by atoms with E-state index in [1.165, 1.54) is 25.0 Å². The van der Waals surface area contributed by atoms with Crippen molar-refractivity contribution >= 4 is 22.7 Å². The van der Waals surface area contributed by atoms with Gasteiger partial charge in [-0.05, 0) is 93.4 Å². The van der Waals surface area contributed by atoms with Gasteiger partial charge in [0, 0.05) is 53.6 Å². The average Bonchev–Trinajstić information content (AvgIpc) is 3.45. The topological polar surface area (TPSA) is 17.4 Å². The quantitative estimate of drug-likeness (QED) is 0.286. The summed E-state index contributed by atoms with van der Waals surface area (Å²) in [5.74, 6) is -1.76. The van der Waals surface area contributed by atoms with Crippen LogP contribution >= 0.6 is 11.6 Å². The minimum atomic E-state index is -2.89. The SMILES string of the molecule is C=C(Cl)c1c(-c2cc(C)cc(Oc3ccc(C(C)(F)F)cc3)c2)cn(CCN2CCCC2)c1/C=C\C. The Morgan fingerprint density at radius 2 is 1.78 bits per heavy atom. The molecule has 3 aromatic rings. The van der Waals surface area contributed by atoms with Crippen LogP contribution in [0.25, 0.3) is 22.2 Å². The van der Waals surface area contributed by atoms with Crippen molar-refractivity contribution in [3.8, 4) is 22.6 Å². The van der Waals surface area contributed by atoms with Crippen molar-refractivity contribution in [2.75, 3.05) is 19.6 Å². The molecule has 190 valence electrons. The fraction of sp³-hybridized carbons (Fsp3) is 0.333. The van der Waals surface area contributed by atoms with Crippen LogP contribution in [0.2, 0.25) is 0 Å². The van der Waals surface area contributed by atoms with Crippen molar-refractivity contribution in [1.29, 1.82) is 0 Å². The number of aryl methyl sites for hydroxylation is 1. The molecule has 4 rings (SSSR count). The first-order valence-electron chi connectivity index (χ1n) is 12.4. The first-order chi connectivity index (χ1) is 17.2. The van der Waals surface area contributed by atoms with E-state index in [9.17, 15) is 8.78 Å². The number of likely N-dealkylation sites (tertiary alicyclic amines) is 1.